The Hall–Kier alpha value is -1.88. The maximum atomic E-state index is 5.35. The van der Waals surface area contributed by atoms with Crippen molar-refractivity contribution in [3.05, 3.63) is 42.0 Å². The van der Waals surface area contributed by atoms with Crippen LogP contribution in [0.5, 0.6) is 0 Å². The van der Waals surface area contributed by atoms with Gasteiger partial charge in [-0.3, -0.25) is 4.98 Å². The molecule has 2 aromatic heterocycles. The van der Waals surface area contributed by atoms with E-state index >= 15 is 0 Å². The van der Waals surface area contributed by atoms with Crippen molar-refractivity contribution in [2.75, 3.05) is 18.5 Å². The number of imidazole rings is 1. The van der Waals surface area contributed by atoms with Gasteiger partial charge in [-0.15, -0.1) is 0 Å². The number of nitrogens with zero attached hydrogens (tertiary/aromatic N) is 3. The Labute approximate surface area is 120 Å². The maximum Gasteiger partial charge on any atom is 0.203 e. The third kappa shape index (κ3) is 4.06. The summed E-state index contributed by atoms with van der Waals surface area (Å²) in [7, 11) is 0. The van der Waals surface area contributed by atoms with E-state index in [1.807, 2.05) is 31.6 Å². The Morgan fingerprint density at radius 1 is 1.30 bits per heavy atom. The van der Waals surface area contributed by atoms with Crippen LogP contribution in [0.25, 0.3) is 0 Å². The predicted octanol–water partition coefficient (Wildman–Crippen LogP) is 2.63. The number of nitrogens with one attached hydrogen (secondary N) is 1. The van der Waals surface area contributed by atoms with Crippen LogP contribution in [0.4, 0.5) is 5.95 Å². The van der Waals surface area contributed by atoms with E-state index in [-0.39, 0.29) is 0 Å². The lowest BCUT2D eigenvalue weighted by atomic mass is 10.2. The first-order valence-electron chi connectivity index (χ1n) is 7.04. The molecule has 0 amide bonds. The van der Waals surface area contributed by atoms with Gasteiger partial charge >= 0.3 is 0 Å². The molecule has 0 aliphatic heterocycles. The molecule has 0 aromatic carbocycles. The average Bonchev–Trinajstić information content (AvgIpc) is 2.90. The summed E-state index contributed by atoms with van der Waals surface area (Å²) >= 11 is 0. The van der Waals surface area contributed by atoms with E-state index in [1.54, 1.807) is 0 Å². The largest absolute Gasteiger partial charge is 0.382 e. The van der Waals surface area contributed by atoms with Gasteiger partial charge in [-0.05, 0) is 31.9 Å². The van der Waals surface area contributed by atoms with Gasteiger partial charge in [-0.1, -0.05) is 6.07 Å². The summed E-state index contributed by atoms with van der Waals surface area (Å²) in [6, 6.07) is 4.02. The zero-order valence-corrected chi connectivity index (χ0v) is 12.2. The third-order valence-corrected chi connectivity index (χ3v) is 3.14. The fraction of sp³-hybridized carbons (Fsp3) is 0.467. The number of hydrogen-bond acceptors (Lipinski definition) is 4. The minimum Gasteiger partial charge on any atom is -0.382 e. The van der Waals surface area contributed by atoms with E-state index in [9.17, 15) is 0 Å². The molecule has 2 aromatic rings. The molecular formula is C15H22N4O. The van der Waals surface area contributed by atoms with E-state index in [2.05, 4.69) is 32.8 Å². The number of aromatic nitrogens is 3. The van der Waals surface area contributed by atoms with Crippen LogP contribution >= 0.6 is 0 Å². The normalized spacial score (nSPS) is 10.7. The van der Waals surface area contributed by atoms with Crippen molar-refractivity contribution in [3.8, 4) is 0 Å². The van der Waals surface area contributed by atoms with Crippen LogP contribution in [0.1, 0.15) is 24.6 Å². The fourth-order valence-electron chi connectivity index (χ4n) is 2.00. The molecule has 1 N–H and O–H groups in total. The van der Waals surface area contributed by atoms with Gasteiger partial charge in [0.1, 0.15) is 0 Å². The van der Waals surface area contributed by atoms with Crippen molar-refractivity contribution >= 4 is 5.95 Å². The summed E-state index contributed by atoms with van der Waals surface area (Å²) in [6.07, 6.45) is 6.61. The topological polar surface area (TPSA) is 52.0 Å². The Bertz CT molecular complexity index is 524. The summed E-state index contributed by atoms with van der Waals surface area (Å²) in [5.74, 6) is 0.881. The Balaban J connectivity index is 1.87. The SMILES string of the molecule is CCOCCCn1ccnc1NCc1ncccc1C. The average molecular weight is 274 g/mol. The molecule has 5 heteroatoms. The lowest BCUT2D eigenvalue weighted by Crippen LogP contribution is -2.10. The third-order valence-electron chi connectivity index (χ3n) is 3.14. The van der Waals surface area contributed by atoms with Gasteiger partial charge in [0.15, 0.2) is 0 Å². The van der Waals surface area contributed by atoms with Gasteiger partial charge < -0.3 is 14.6 Å². The molecule has 0 fully saturated rings. The van der Waals surface area contributed by atoms with E-state index in [4.69, 9.17) is 4.74 Å². The zero-order chi connectivity index (χ0) is 14.2. The van der Waals surface area contributed by atoms with E-state index in [0.717, 1.165) is 37.8 Å². The number of anilines is 1. The Morgan fingerprint density at radius 3 is 3.00 bits per heavy atom. The van der Waals surface area contributed by atoms with Gasteiger partial charge in [0.2, 0.25) is 5.95 Å². The molecule has 0 saturated carbocycles. The molecule has 5 nitrogen and oxygen atoms in total. The first kappa shape index (κ1) is 14.5. The van der Waals surface area contributed by atoms with Crippen molar-refractivity contribution in [1.82, 2.24) is 14.5 Å². The van der Waals surface area contributed by atoms with Crippen LogP contribution in [0.3, 0.4) is 0 Å². The van der Waals surface area contributed by atoms with Crippen LogP contribution in [-0.4, -0.2) is 27.7 Å². The molecule has 0 atom stereocenters. The second kappa shape index (κ2) is 7.65. The first-order valence-corrected chi connectivity index (χ1v) is 7.04. The first-order chi connectivity index (χ1) is 9.81. The summed E-state index contributed by atoms with van der Waals surface area (Å²) in [4.78, 5) is 8.72. The van der Waals surface area contributed by atoms with Crippen LogP contribution in [0.15, 0.2) is 30.7 Å². The zero-order valence-electron chi connectivity index (χ0n) is 12.2. The lowest BCUT2D eigenvalue weighted by molar-refractivity contribution is 0.142. The highest BCUT2D eigenvalue weighted by Crippen LogP contribution is 2.09. The van der Waals surface area contributed by atoms with E-state index in [1.165, 1.54) is 5.56 Å². The monoisotopic (exact) mass is 274 g/mol. The van der Waals surface area contributed by atoms with Crippen LogP contribution in [0, 0.1) is 6.92 Å². The molecule has 0 unspecified atom stereocenters. The fourth-order valence-corrected chi connectivity index (χ4v) is 2.00. The number of hydrogen-bond donors (Lipinski definition) is 1. The quantitative estimate of drug-likeness (QED) is 0.752. The predicted molar refractivity (Wildman–Crippen MR) is 79.6 cm³/mol. The van der Waals surface area contributed by atoms with Crippen molar-refractivity contribution in [3.63, 3.8) is 0 Å². The van der Waals surface area contributed by atoms with Crippen LogP contribution in [-0.2, 0) is 17.8 Å². The molecule has 0 spiro atoms. The molecule has 0 bridgehead atoms. The number of ether oxygens (including phenoxy) is 1. The highest BCUT2D eigenvalue weighted by atomic mass is 16.5. The minimum atomic E-state index is 0.690. The van der Waals surface area contributed by atoms with Crippen LogP contribution < -0.4 is 5.32 Å². The maximum absolute atomic E-state index is 5.35. The smallest absolute Gasteiger partial charge is 0.203 e. The van der Waals surface area contributed by atoms with Crippen LogP contribution in [0.2, 0.25) is 0 Å². The van der Waals surface area contributed by atoms with Gasteiger partial charge in [0, 0.05) is 38.3 Å². The van der Waals surface area contributed by atoms with Gasteiger partial charge in [0.05, 0.1) is 12.2 Å². The van der Waals surface area contributed by atoms with E-state index in [0.29, 0.717) is 6.54 Å². The molecule has 20 heavy (non-hydrogen) atoms. The van der Waals surface area contributed by atoms with Crippen molar-refractivity contribution < 1.29 is 4.74 Å². The molecule has 2 heterocycles. The summed E-state index contributed by atoms with van der Waals surface area (Å²) in [5.41, 5.74) is 2.24. The molecule has 0 radical (unpaired) electrons. The summed E-state index contributed by atoms with van der Waals surface area (Å²) < 4.78 is 7.46. The molecule has 0 aliphatic carbocycles. The number of pyridine rings is 1. The Kier molecular flexibility index (Phi) is 5.55. The second-order valence-corrected chi connectivity index (χ2v) is 4.62. The highest BCUT2D eigenvalue weighted by Gasteiger charge is 2.04. The summed E-state index contributed by atoms with van der Waals surface area (Å²) in [6.45, 7) is 7.23. The van der Waals surface area contributed by atoms with E-state index < -0.39 is 0 Å². The standard InChI is InChI=1S/C15H22N4O/c1-3-20-11-5-9-19-10-8-17-15(19)18-12-14-13(2)6-4-7-16-14/h4,6-8,10H,3,5,9,11-12H2,1-2H3,(H,17,18). The van der Waals surface area contributed by atoms with Gasteiger partial charge in [0.25, 0.3) is 0 Å². The van der Waals surface area contributed by atoms with Crippen molar-refractivity contribution in [2.45, 2.75) is 33.4 Å². The molecule has 0 saturated heterocycles. The lowest BCUT2D eigenvalue weighted by Gasteiger charge is -2.10. The number of aryl methyl sites for hydroxylation is 2. The minimum absolute atomic E-state index is 0.690. The van der Waals surface area contributed by atoms with Gasteiger partial charge in [-0.25, -0.2) is 4.98 Å². The van der Waals surface area contributed by atoms with Gasteiger partial charge in [-0.2, -0.15) is 0 Å². The molecule has 108 valence electrons. The Morgan fingerprint density at radius 2 is 2.20 bits per heavy atom. The molecule has 0 aliphatic rings. The number of rotatable bonds is 8. The summed E-state index contributed by atoms with van der Waals surface area (Å²) in [5, 5.41) is 3.34. The molecular weight excluding hydrogens is 252 g/mol. The highest BCUT2D eigenvalue weighted by molar-refractivity contribution is 5.29. The van der Waals surface area contributed by atoms with Crippen molar-refractivity contribution in [1.29, 1.82) is 0 Å². The van der Waals surface area contributed by atoms with Crippen molar-refractivity contribution in [2.24, 2.45) is 0 Å². The molecule has 2 rings (SSSR count). The second-order valence-electron chi connectivity index (χ2n) is 4.62.